The lowest BCUT2D eigenvalue weighted by Gasteiger charge is -2.07. The fourth-order valence-corrected chi connectivity index (χ4v) is 1.57. The summed E-state index contributed by atoms with van der Waals surface area (Å²) in [5.74, 6) is 0.607. The average molecular weight is 192 g/mol. The molecule has 3 heteroatoms. The van der Waals surface area contributed by atoms with E-state index in [0.29, 0.717) is 18.8 Å². The number of carbonyl (C=O) groups is 1. The topological polar surface area (TPSA) is 35.5 Å². The summed E-state index contributed by atoms with van der Waals surface area (Å²) in [6.07, 6.45) is 0. The normalized spacial score (nSPS) is 13.7. The molecule has 1 aromatic rings. The van der Waals surface area contributed by atoms with Crippen LogP contribution in [0.15, 0.2) is 12.1 Å². The van der Waals surface area contributed by atoms with Crippen molar-refractivity contribution in [1.29, 1.82) is 0 Å². The number of hydrogen-bond donors (Lipinski definition) is 0. The molecular weight excluding hydrogens is 180 g/mol. The minimum Gasteiger partial charge on any atom is -0.494 e. The molecule has 0 saturated heterocycles. The van der Waals surface area contributed by atoms with Crippen LogP contribution in [0, 0.1) is 6.92 Å². The number of esters is 1. The molecule has 2 rings (SSSR count). The first kappa shape index (κ1) is 9.06. The van der Waals surface area contributed by atoms with Crippen molar-refractivity contribution in [2.24, 2.45) is 0 Å². The van der Waals surface area contributed by atoms with Crippen molar-refractivity contribution in [2.75, 3.05) is 6.61 Å². The summed E-state index contributed by atoms with van der Waals surface area (Å²) in [7, 11) is 0. The Bertz CT molecular complexity index is 382. The van der Waals surface area contributed by atoms with Crippen molar-refractivity contribution < 1.29 is 14.3 Å². The first-order valence-electron chi connectivity index (χ1n) is 4.66. The zero-order valence-electron chi connectivity index (χ0n) is 8.29. The molecule has 74 valence electrons. The Balaban J connectivity index is 2.44. The van der Waals surface area contributed by atoms with Gasteiger partial charge in [0, 0.05) is 5.56 Å². The molecule has 0 aliphatic carbocycles. The Hall–Kier alpha value is -1.51. The molecule has 0 N–H and O–H groups in total. The second kappa shape index (κ2) is 3.33. The van der Waals surface area contributed by atoms with E-state index in [2.05, 4.69) is 0 Å². The van der Waals surface area contributed by atoms with Gasteiger partial charge in [0.2, 0.25) is 0 Å². The van der Waals surface area contributed by atoms with Crippen molar-refractivity contribution in [3.8, 4) is 5.75 Å². The van der Waals surface area contributed by atoms with Gasteiger partial charge in [-0.2, -0.15) is 0 Å². The first-order valence-corrected chi connectivity index (χ1v) is 4.66. The molecule has 0 bridgehead atoms. The molecule has 0 amide bonds. The second-order valence-electron chi connectivity index (χ2n) is 3.28. The highest BCUT2D eigenvalue weighted by Crippen LogP contribution is 2.28. The highest BCUT2D eigenvalue weighted by Gasteiger charge is 2.22. The van der Waals surface area contributed by atoms with Crippen LogP contribution in [-0.4, -0.2) is 12.6 Å². The van der Waals surface area contributed by atoms with E-state index in [0.717, 1.165) is 16.9 Å². The molecule has 0 fully saturated rings. The van der Waals surface area contributed by atoms with E-state index in [4.69, 9.17) is 9.47 Å². The Morgan fingerprint density at radius 1 is 1.50 bits per heavy atom. The van der Waals surface area contributed by atoms with Crippen LogP contribution < -0.4 is 4.74 Å². The van der Waals surface area contributed by atoms with Gasteiger partial charge in [0.15, 0.2) is 0 Å². The molecule has 3 nitrogen and oxygen atoms in total. The van der Waals surface area contributed by atoms with Crippen LogP contribution in [0.5, 0.6) is 5.75 Å². The number of fused-ring (bicyclic) bond motifs is 1. The van der Waals surface area contributed by atoms with E-state index in [-0.39, 0.29) is 5.97 Å². The van der Waals surface area contributed by atoms with Crippen molar-refractivity contribution >= 4 is 5.97 Å². The molecule has 0 unspecified atom stereocenters. The SMILES string of the molecule is CCOc1cc2c(cc1C)C(=O)OC2. The Morgan fingerprint density at radius 2 is 2.29 bits per heavy atom. The van der Waals surface area contributed by atoms with E-state index in [1.54, 1.807) is 0 Å². The lowest BCUT2D eigenvalue weighted by Crippen LogP contribution is -1.98. The molecule has 0 saturated carbocycles. The van der Waals surface area contributed by atoms with Gasteiger partial charge in [0.1, 0.15) is 12.4 Å². The van der Waals surface area contributed by atoms with E-state index in [1.807, 2.05) is 26.0 Å². The Morgan fingerprint density at radius 3 is 3.00 bits per heavy atom. The predicted octanol–water partition coefficient (Wildman–Crippen LogP) is 2.06. The number of benzene rings is 1. The lowest BCUT2D eigenvalue weighted by molar-refractivity contribution is 0.0535. The number of aryl methyl sites for hydroxylation is 1. The minimum atomic E-state index is -0.230. The maximum absolute atomic E-state index is 11.2. The summed E-state index contributed by atoms with van der Waals surface area (Å²) >= 11 is 0. The van der Waals surface area contributed by atoms with Crippen LogP contribution in [0.4, 0.5) is 0 Å². The van der Waals surface area contributed by atoms with Crippen LogP contribution in [0.3, 0.4) is 0 Å². The summed E-state index contributed by atoms with van der Waals surface area (Å²) in [6, 6.07) is 3.72. The third-order valence-electron chi connectivity index (χ3n) is 2.28. The van der Waals surface area contributed by atoms with Crippen molar-refractivity contribution in [3.63, 3.8) is 0 Å². The molecule has 0 aromatic heterocycles. The standard InChI is InChI=1S/C11H12O3/c1-3-13-10-5-8-6-14-11(12)9(8)4-7(10)2/h4-5H,3,6H2,1-2H3. The summed E-state index contributed by atoms with van der Waals surface area (Å²) < 4.78 is 10.3. The number of rotatable bonds is 2. The van der Waals surface area contributed by atoms with Crippen molar-refractivity contribution in [1.82, 2.24) is 0 Å². The highest BCUT2D eigenvalue weighted by molar-refractivity contribution is 5.93. The summed E-state index contributed by atoms with van der Waals surface area (Å²) in [5, 5.41) is 0. The zero-order chi connectivity index (χ0) is 10.1. The summed E-state index contributed by atoms with van der Waals surface area (Å²) in [4.78, 5) is 11.2. The van der Waals surface area contributed by atoms with Gasteiger partial charge in [0.25, 0.3) is 0 Å². The Labute approximate surface area is 82.6 Å². The Kier molecular flexibility index (Phi) is 2.15. The van der Waals surface area contributed by atoms with Gasteiger partial charge in [-0.05, 0) is 31.5 Å². The molecule has 1 aromatic carbocycles. The number of carbonyl (C=O) groups excluding carboxylic acids is 1. The van der Waals surface area contributed by atoms with E-state index >= 15 is 0 Å². The maximum Gasteiger partial charge on any atom is 0.338 e. The molecule has 14 heavy (non-hydrogen) atoms. The minimum absolute atomic E-state index is 0.230. The fourth-order valence-electron chi connectivity index (χ4n) is 1.57. The quantitative estimate of drug-likeness (QED) is 0.673. The van der Waals surface area contributed by atoms with Gasteiger partial charge < -0.3 is 9.47 Å². The molecule has 1 aliphatic heterocycles. The van der Waals surface area contributed by atoms with Crippen LogP contribution >= 0.6 is 0 Å². The molecule has 0 radical (unpaired) electrons. The van der Waals surface area contributed by atoms with Gasteiger partial charge in [-0.15, -0.1) is 0 Å². The molecule has 1 heterocycles. The van der Waals surface area contributed by atoms with E-state index < -0.39 is 0 Å². The average Bonchev–Trinajstić information content (AvgIpc) is 2.50. The third kappa shape index (κ3) is 1.35. The second-order valence-corrected chi connectivity index (χ2v) is 3.28. The van der Waals surface area contributed by atoms with Crippen LogP contribution in [0.2, 0.25) is 0 Å². The maximum atomic E-state index is 11.2. The van der Waals surface area contributed by atoms with Gasteiger partial charge in [0.05, 0.1) is 12.2 Å². The molecule has 0 spiro atoms. The largest absolute Gasteiger partial charge is 0.494 e. The first-order chi connectivity index (χ1) is 6.72. The monoisotopic (exact) mass is 192 g/mol. The van der Waals surface area contributed by atoms with Crippen molar-refractivity contribution in [3.05, 3.63) is 28.8 Å². The number of cyclic esters (lactones) is 1. The number of ether oxygens (including phenoxy) is 2. The molecular formula is C11H12O3. The smallest absolute Gasteiger partial charge is 0.338 e. The molecule has 1 aliphatic rings. The summed E-state index contributed by atoms with van der Waals surface area (Å²) in [5.41, 5.74) is 2.57. The fraction of sp³-hybridized carbons (Fsp3) is 0.364. The summed E-state index contributed by atoms with van der Waals surface area (Å²) in [6.45, 7) is 4.87. The van der Waals surface area contributed by atoms with Crippen LogP contribution in [-0.2, 0) is 11.3 Å². The van der Waals surface area contributed by atoms with Gasteiger partial charge in [-0.3, -0.25) is 0 Å². The predicted molar refractivity (Wildman–Crippen MR) is 51.5 cm³/mol. The zero-order valence-corrected chi connectivity index (χ0v) is 8.29. The van der Waals surface area contributed by atoms with Gasteiger partial charge in [-0.25, -0.2) is 4.79 Å². The highest BCUT2D eigenvalue weighted by atomic mass is 16.5. The van der Waals surface area contributed by atoms with Crippen LogP contribution in [0.25, 0.3) is 0 Å². The molecule has 0 atom stereocenters. The van der Waals surface area contributed by atoms with Gasteiger partial charge in [-0.1, -0.05) is 0 Å². The van der Waals surface area contributed by atoms with E-state index in [1.165, 1.54) is 0 Å². The van der Waals surface area contributed by atoms with Crippen LogP contribution in [0.1, 0.15) is 28.4 Å². The third-order valence-corrected chi connectivity index (χ3v) is 2.28. The van der Waals surface area contributed by atoms with Gasteiger partial charge >= 0.3 is 5.97 Å². The lowest BCUT2D eigenvalue weighted by atomic mass is 10.1. The number of hydrogen-bond acceptors (Lipinski definition) is 3. The van der Waals surface area contributed by atoms with E-state index in [9.17, 15) is 4.79 Å². The van der Waals surface area contributed by atoms with Crippen molar-refractivity contribution in [2.45, 2.75) is 20.5 Å².